The first kappa shape index (κ1) is 13.7. The number of hydrogen-bond donors (Lipinski definition) is 1. The first-order valence-electron chi connectivity index (χ1n) is 6.44. The van der Waals surface area contributed by atoms with E-state index in [9.17, 15) is 4.79 Å². The average Bonchev–Trinajstić information content (AvgIpc) is 2.89. The fourth-order valence-electron chi connectivity index (χ4n) is 2.12. The number of hydrogen-bond acceptors (Lipinski definition) is 5. The van der Waals surface area contributed by atoms with Crippen molar-refractivity contribution < 1.29 is 19.0 Å². The van der Waals surface area contributed by atoms with Gasteiger partial charge in [-0.25, -0.2) is 0 Å². The number of para-hydroxylation sites is 2. The van der Waals surface area contributed by atoms with Gasteiger partial charge in [0.15, 0.2) is 11.5 Å². The molecule has 1 aliphatic rings. The Bertz CT molecular complexity index is 435. The number of carbonyl (C=O) groups is 1. The molecule has 1 aromatic rings. The van der Waals surface area contributed by atoms with Crippen LogP contribution in [0.1, 0.15) is 13.3 Å². The molecule has 0 bridgehead atoms. The second-order valence-corrected chi connectivity index (χ2v) is 4.34. The van der Waals surface area contributed by atoms with Gasteiger partial charge in [0.25, 0.3) is 0 Å². The van der Waals surface area contributed by atoms with Crippen molar-refractivity contribution >= 4 is 5.97 Å². The summed E-state index contributed by atoms with van der Waals surface area (Å²) in [5.74, 6) is 1.19. The summed E-state index contributed by atoms with van der Waals surface area (Å²) in [4.78, 5) is 11.4. The van der Waals surface area contributed by atoms with Crippen LogP contribution in [0.5, 0.6) is 11.5 Å². The summed E-state index contributed by atoms with van der Waals surface area (Å²) in [5, 5.41) is 3.09. The third kappa shape index (κ3) is 3.38. The molecule has 0 aliphatic carbocycles. The van der Waals surface area contributed by atoms with Gasteiger partial charge in [0.2, 0.25) is 0 Å². The smallest absolute Gasteiger partial charge is 0.323 e. The summed E-state index contributed by atoms with van der Waals surface area (Å²) >= 11 is 0. The molecular formula is C14H19NO4. The van der Waals surface area contributed by atoms with Crippen molar-refractivity contribution in [2.24, 2.45) is 0 Å². The van der Waals surface area contributed by atoms with E-state index in [1.165, 1.54) is 7.11 Å². The summed E-state index contributed by atoms with van der Waals surface area (Å²) in [7, 11) is 1.39. The van der Waals surface area contributed by atoms with Crippen LogP contribution < -0.4 is 14.8 Å². The lowest BCUT2D eigenvalue weighted by Crippen LogP contribution is -2.31. The second-order valence-electron chi connectivity index (χ2n) is 4.34. The topological polar surface area (TPSA) is 56.8 Å². The van der Waals surface area contributed by atoms with Crippen LogP contribution in [0.25, 0.3) is 0 Å². The van der Waals surface area contributed by atoms with Crippen molar-refractivity contribution in [1.82, 2.24) is 5.32 Å². The molecule has 1 aliphatic heterocycles. The summed E-state index contributed by atoms with van der Waals surface area (Å²) in [6.07, 6.45) is 0.554. The molecule has 1 saturated heterocycles. The Labute approximate surface area is 112 Å². The van der Waals surface area contributed by atoms with E-state index >= 15 is 0 Å². The molecule has 5 nitrogen and oxygen atoms in total. The molecule has 5 heteroatoms. The van der Waals surface area contributed by atoms with Crippen molar-refractivity contribution in [2.45, 2.75) is 25.5 Å². The SMILES string of the molecule is CCOc1ccccc1OC1CNC(C(=O)OC)C1. The van der Waals surface area contributed by atoms with Crippen LogP contribution in [-0.4, -0.2) is 38.4 Å². The molecule has 0 amide bonds. The Morgan fingerprint density at radius 3 is 2.79 bits per heavy atom. The third-order valence-electron chi connectivity index (χ3n) is 3.02. The molecule has 2 rings (SSSR count). The number of ether oxygens (including phenoxy) is 3. The first-order valence-corrected chi connectivity index (χ1v) is 6.44. The minimum absolute atomic E-state index is 0.0503. The minimum atomic E-state index is -0.283. The summed E-state index contributed by atoms with van der Waals surface area (Å²) in [5.41, 5.74) is 0. The fourth-order valence-corrected chi connectivity index (χ4v) is 2.12. The Morgan fingerprint density at radius 2 is 2.11 bits per heavy atom. The maximum atomic E-state index is 11.4. The Hall–Kier alpha value is -1.75. The van der Waals surface area contributed by atoms with Crippen molar-refractivity contribution in [3.05, 3.63) is 24.3 Å². The van der Waals surface area contributed by atoms with Crippen molar-refractivity contribution in [1.29, 1.82) is 0 Å². The van der Waals surface area contributed by atoms with Gasteiger partial charge in [0.05, 0.1) is 13.7 Å². The molecular weight excluding hydrogens is 246 g/mol. The van der Waals surface area contributed by atoms with Crippen LogP contribution in [0.3, 0.4) is 0 Å². The van der Waals surface area contributed by atoms with E-state index in [2.05, 4.69) is 5.32 Å². The molecule has 19 heavy (non-hydrogen) atoms. The van der Waals surface area contributed by atoms with Crippen LogP contribution in [-0.2, 0) is 9.53 Å². The lowest BCUT2D eigenvalue weighted by molar-refractivity contribution is -0.142. The first-order chi connectivity index (χ1) is 9.24. The van der Waals surface area contributed by atoms with Gasteiger partial charge in [-0.15, -0.1) is 0 Å². The maximum Gasteiger partial charge on any atom is 0.323 e. The van der Waals surface area contributed by atoms with E-state index in [4.69, 9.17) is 14.2 Å². The highest BCUT2D eigenvalue weighted by Crippen LogP contribution is 2.28. The van der Waals surface area contributed by atoms with E-state index < -0.39 is 0 Å². The molecule has 0 aromatic heterocycles. The van der Waals surface area contributed by atoms with E-state index in [0.717, 1.165) is 5.75 Å². The number of nitrogens with one attached hydrogen (secondary N) is 1. The van der Waals surface area contributed by atoms with Gasteiger partial charge >= 0.3 is 5.97 Å². The second kappa shape index (κ2) is 6.43. The number of carbonyl (C=O) groups excluding carboxylic acids is 1. The zero-order valence-corrected chi connectivity index (χ0v) is 11.2. The van der Waals surface area contributed by atoms with E-state index in [1.807, 2.05) is 31.2 Å². The van der Waals surface area contributed by atoms with Crippen LogP contribution in [0.15, 0.2) is 24.3 Å². The van der Waals surface area contributed by atoms with Gasteiger partial charge in [0, 0.05) is 13.0 Å². The normalized spacial score (nSPS) is 22.0. The average molecular weight is 265 g/mol. The largest absolute Gasteiger partial charge is 0.490 e. The monoisotopic (exact) mass is 265 g/mol. The van der Waals surface area contributed by atoms with Gasteiger partial charge in [-0.05, 0) is 19.1 Å². The van der Waals surface area contributed by atoms with E-state index in [-0.39, 0.29) is 18.1 Å². The van der Waals surface area contributed by atoms with Gasteiger partial charge in [-0.1, -0.05) is 12.1 Å². The van der Waals surface area contributed by atoms with Crippen molar-refractivity contribution in [2.75, 3.05) is 20.3 Å². The van der Waals surface area contributed by atoms with Crippen LogP contribution in [0.2, 0.25) is 0 Å². The van der Waals surface area contributed by atoms with Crippen molar-refractivity contribution in [3.8, 4) is 11.5 Å². The summed E-state index contributed by atoms with van der Waals surface area (Å²) in [6, 6.07) is 7.27. The molecule has 104 valence electrons. The van der Waals surface area contributed by atoms with Crippen LogP contribution in [0, 0.1) is 0 Å². The fraction of sp³-hybridized carbons (Fsp3) is 0.500. The molecule has 2 unspecified atom stereocenters. The Morgan fingerprint density at radius 1 is 1.37 bits per heavy atom. The Balaban J connectivity index is 1.97. The number of methoxy groups -OCH3 is 1. The highest BCUT2D eigenvalue weighted by Gasteiger charge is 2.31. The number of benzene rings is 1. The standard InChI is InChI=1S/C14H19NO4/c1-3-18-12-6-4-5-7-13(12)19-10-8-11(15-9-10)14(16)17-2/h4-7,10-11,15H,3,8-9H2,1-2H3. The quantitative estimate of drug-likeness (QED) is 0.815. The van der Waals surface area contributed by atoms with Gasteiger partial charge in [0.1, 0.15) is 12.1 Å². The van der Waals surface area contributed by atoms with Gasteiger partial charge < -0.3 is 19.5 Å². The third-order valence-corrected chi connectivity index (χ3v) is 3.02. The lowest BCUT2D eigenvalue weighted by atomic mass is 10.2. The Kier molecular flexibility index (Phi) is 4.63. The predicted octanol–water partition coefficient (Wildman–Crippen LogP) is 1.37. The number of esters is 1. The lowest BCUT2D eigenvalue weighted by Gasteiger charge is -2.16. The molecule has 2 atom stereocenters. The van der Waals surface area contributed by atoms with Gasteiger partial charge in [-0.2, -0.15) is 0 Å². The molecule has 0 saturated carbocycles. The van der Waals surface area contributed by atoms with Crippen molar-refractivity contribution in [3.63, 3.8) is 0 Å². The summed E-state index contributed by atoms with van der Waals surface area (Å²) < 4.78 is 16.1. The summed E-state index contributed by atoms with van der Waals surface area (Å²) in [6.45, 7) is 3.15. The number of rotatable bonds is 5. The predicted molar refractivity (Wildman–Crippen MR) is 70.5 cm³/mol. The van der Waals surface area contributed by atoms with E-state index in [1.54, 1.807) is 0 Å². The highest BCUT2D eigenvalue weighted by molar-refractivity contribution is 5.76. The maximum absolute atomic E-state index is 11.4. The molecule has 0 radical (unpaired) electrons. The zero-order valence-electron chi connectivity index (χ0n) is 11.2. The molecule has 1 aromatic carbocycles. The van der Waals surface area contributed by atoms with E-state index in [0.29, 0.717) is 25.3 Å². The molecule has 1 heterocycles. The molecule has 0 spiro atoms. The molecule has 1 N–H and O–H groups in total. The minimum Gasteiger partial charge on any atom is -0.490 e. The van der Waals surface area contributed by atoms with Crippen LogP contribution >= 0.6 is 0 Å². The highest BCUT2D eigenvalue weighted by atomic mass is 16.5. The van der Waals surface area contributed by atoms with Crippen LogP contribution in [0.4, 0.5) is 0 Å². The van der Waals surface area contributed by atoms with Gasteiger partial charge in [-0.3, -0.25) is 4.79 Å². The molecule has 1 fully saturated rings. The zero-order chi connectivity index (χ0) is 13.7.